The monoisotopic (exact) mass is 311 g/mol. The number of aliphatic carboxylic acids is 1. The maximum Gasteiger partial charge on any atom is 0.356 e. The lowest BCUT2D eigenvalue weighted by Gasteiger charge is -2.06. The molecule has 9 nitrogen and oxygen atoms in total. The Bertz CT molecular complexity index is 481. The molecule has 22 heavy (non-hydrogen) atoms. The van der Waals surface area contributed by atoms with E-state index in [1.807, 2.05) is 6.07 Å². The molecule has 0 aliphatic rings. The van der Waals surface area contributed by atoms with Crippen LogP contribution in [-0.4, -0.2) is 35.6 Å². The van der Waals surface area contributed by atoms with E-state index in [1.54, 1.807) is 24.3 Å². The minimum Gasteiger partial charge on any atom is -0.480 e. The van der Waals surface area contributed by atoms with Crippen molar-refractivity contribution < 1.29 is 19.5 Å². The first-order valence-electron chi connectivity index (χ1n) is 6.40. The van der Waals surface area contributed by atoms with Gasteiger partial charge in [-0.1, -0.05) is 18.2 Å². The Morgan fingerprint density at radius 2 is 1.91 bits per heavy atom. The molecule has 1 aromatic carbocycles. The third-order valence-electron chi connectivity index (χ3n) is 2.44. The normalized spacial score (nSPS) is 10.6. The maximum absolute atomic E-state index is 10.7. The van der Waals surface area contributed by atoms with Gasteiger partial charge in [0.05, 0.1) is 5.56 Å². The molecule has 1 atom stereocenters. The lowest BCUT2D eigenvalue weighted by molar-refractivity contribution is -0.138. The summed E-state index contributed by atoms with van der Waals surface area (Å²) in [6.45, 7) is 0.482. The smallest absolute Gasteiger partial charge is 0.356 e. The van der Waals surface area contributed by atoms with Crippen molar-refractivity contribution in [1.29, 1.82) is 5.41 Å². The maximum atomic E-state index is 10.7. The van der Waals surface area contributed by atoms with Crippen molar-refractivity contribution in [3.05, 3.63) is 35.9 Å². The van der Waals surface area contributed by atoms with E-state index in [4.69, 9.17) is 22.0 Å². The van der Waals surface area contributed by atoms with E-state index in [2.05, 4.69) is 16.1 Å². The predicted molar refractivity (Wildman–Crippen MR) is 80.8 cm³/mol. The molecular weight excluding hydrogens is 290 g/mol. The van der Waals surface area contributed by atoms with Crippen molar-refractivity contribution in [3.8, 4) is 0 Å². The number of carboxylic acid groups (broad SMARTS) is 1. The third kappa shape index (κ3) is 9.28. The van der Waals surface area contributed by atoms with Gasteiger partial charge >= 0.3 is 11.9 Å². The molecule has 0 aliphatic heterocycles. The molecule has 0 heterocycles. The van der Waals surface area contributed by atoms with Gasteiger partial charge in [-0.15, -0.1) is 0 Å². The molecule has 0 saturated carbocycles. The van der Waals surface area contributed by atoms with Crippen LogP contribution in [0.1, 0.15) is 23.2 Å². The molecule has 0 saturated heterocycles. The second kappa shape index (κ2) is 11.1. The number of carbonyl (C=O) groups excluding carboxylic acids is 1. The fourth-order valence-corrected chi connectivity index (χ4v) is 1.31. The lowest BCUT2D eigenvalue weighted by Crippen LogP contribution is -2.34. The molecule has 122 valence electrons. The molecule has 0 amide bonds. The summed E-state index contributed by atoms with van der Waals surface area (Å²) < 4.78 is 0. The first-order valence-corrected chi connectivity index (χ1v) is 6.40. The first-order chi connectivity index (χ1) is 10.4. The van der Waals surface area contributed by atoms with Gasteiger partial charge in [-0.3, -0.25) is 10.2 Å². The van der Waals surface area contributed by atoms with E-state index in [1.165, 1.54) is 0 Å². The van der Waals surface area contributed by atoms with Crippen LogP contribution in [0.15, 0.2) is 30.3 Å². The van der Waals surface area contributed by atoms with Gasteiger partial charge in [0.25, 0.3) is 0 Å². The minimum atomic E-state index is -1.00. The zero-order valence-corrected chi connectivity index (χ0v) is 12.0. The van der Waals surface area contributed by atoms with Crippen molar-refractivity contribution in [2.45, 2.75) is 18.9 Å². The zero-order valence-electron chi connectivity index (χ0n) is 12.0. The second-order valence-electron chi connectivity index (χ2n) is 4.20. The first kappa shape index (κ1) is 19.4. The van der Waals surface area contributed by atoms with Crippen LogP contribution in [0.25, 0.3) is 0 Å². The van der Waals surface area contributed by atoms with Crippen molar-refractivity contribution in [2.75, 3.05) is 6.54 Å². The number of guanidine groups is 1. The standard InChI is InChI=1S/C7H7NO2.C6H14N4O2/c8-10-7(9)6-4-2-1-3-5-6;7-4(5(11)12)2-1-3-10-6(8)9/h1-5H,8H2;4H,1-3,7H2,(H,11,12)(H4,8,9,10). The number of hydrogen-bond donors (Lipinski definition) is 6. The highest BCUT2D eigenvalue weighted by Gasteiger charge is 2.09. The van der Waals surface area contributed by atoms with Gasteiger partial charge in [0.15, 0.2) is 5.96 Å². The molecule has 0 radical (unpaired) electrons. The molecule has 9 heteroatoms. The van der Waals surface area contributed by atoms with Gasteiger partial charge in [0.2, 0.25) is 0 Å². The number of hydrogen-bond acceptors (Lipinski definition) is 6. The average Bonchev–Trinajstić information content (AvgIpc) is 2.51. The number of benzene rings is 1. The van der Waals surface area contributed by atoms with Crippen LogP contribution in [0.3, 0.4) is 0 Å². The van der Waals surface area contributed by atoms with Gasteiger partial charge in [-0.2, -0.15) is 5.90 Å². The number of rotatable bonds is 6. The summed E-state index contributed by atoms with van der Waals surface area (Å²) in [6.07, 6.45) is 0.975. The molecular formula is C13H21N5O4. The number of nitrogens with two attached hydrogens (primary N) is 3. The molecule has 0 fully saturated rings. The van der Waals surface area contributed by atoms with Crippen molar-refractivity contribution in [2.24, 2.45) is 17.4 Å². The zero-order chi connectivity index (χ0) is 17.0. The Balaban J connectivity index is 0.000000406. The summed E-state index contributed by atoms with van der Waals surface area (Å²) in [5.74, 6) is 3.03. The van der Waals surface area contributed by atoms with E-state index in [0.29, 0.717) is 24.9 Å². The molecule has 0 aliphatic carbocycles. The van der Waals surface area contributed by atoms with Crippen molar-refractivity contribution >= 4 is 17.9 Å². The van der Waals surface area contributed by atoms with Crippen LogP contribution in [0.2, 0.25) is 0 Å². The highest BCUT2D eigenvalue weighted by molar-refractivity contribution is 5.88. The Labute approximate surface area is 127 Å². The molecule has 1 rings (SSSR count). The molecule has 1 unspecified atom stereocenters. The van der Waals surface area contributed by atoms with Crippen LogP contribution in [-0.2, 0) is 9.63 Å². The Hall–Kier alpha value is -2.65. The van der Waals surface area contributed by atoms with E-state index < -0.39 is 18.0 Å². The fourth-order valence-electron chi connectivity index (χ4n) is 1.31. The van der Waals surface area contributed by atoms with Gasteiger partial charge in [0, 0.05) is 6.54 Å². The van der Waals surface area contributed by atoms with E-state index in [-0.39, 0.29) is 5.96 Å². The Kier molecular flexibility index (Phi) is 9.73. The van der Waals surface area contributed by atoms with Crippen molar-refractivity contribution in [3.63, 3.8) is 0 Å². The van der Waals surface area contributed by atoms with Crippen LogP contribution in [0.5, 0.6) is 0 Å². The average molecular weight is 311 g/mol. The van der Waals surface area contributed by atoms with Crippen molar-refractivity contribution in [1.82, 2.24) is 5.32 Å². The Morgan fingerprint density at radius 1 is 1.32 bits per heavy atom. The summed E-state index contributed by atoms with van der Waals surface area (Å²) in [5.41, 5.74) is 10.7. The predicted octanol–water partition coefficient (Wildman–Crippen LogP) is -0.621. The number of nitrogens with one attached hydrogen (secondary N) is 2. The Morgan fingerprint density at radius 3 is 2.36 bits per heavy atom. The molecule has 0 aromatic heterocycles. The molecule has 0 spiro atoms. The highest BCUT2D eigenvalue weighted by Crippen LogP contribution is 1.98. The largest absolute Gasteiger partial charge is 0.480 e. The van der Waals surface area contributed by atoms with Crippen LogP contribution < -0.4 is 22.7 Å². The molecule has 0 bridgehead atoms. The molecule has 1 aromatic rings. The molecule has 9 N–H and O–H groups in total. The van der Waals surface area contributed by atoms with E-state index in [9.17, 15) is 9.59 Å². The van der Waals surface area contributed by atoms with Gasteiger partial charge in [-0.05, 0) is 25.0 Å². The summed E-state index contributed by atoms with van der Waals surface area (Å²) in [4.78, 5) is 24.9. The number of carbonyl (C=O) groups is 2. The summed E-state index contributed by atoms with van der Waals surface area (Å²) in [7, 11) is 0. The van der Waals surface area contributed by atoms with Gasteiger partial charge in [0.1, 0.15) is 6.04 Å². The lowest BCUT2D eigenvalue weighted by atomic mass is 10.2. The van der Waals surface area contributed by atoms with E-state index in [0.717, 1.165) is 0 Å². The van der Waals surface area contributed by atoms with Gasteiger partial charge in [-0.25, -0.2) is 4.79 Å². The minimum absolute atomic E-state index is 0.112. The quantitative estimate of drug-likeness (QED) is 0.174. The van der Waals surface area contributed by atoms with Crippen LogP contribution >= 0.6 is 0 Å². The summed E-state index contributed by atoms with van der Waals surface area (Å²) in [5, 5.41) is 17.7. The third-order valence-corrected chi connectivity index (χ3v) is 2.44. The summed E-state index contributed by atoms with van der Waals surface area (Å²) >= 11 is 0. The van der Waals surface area contributed by atoms with Crippen LogP contribution in [0, 0.1) is 5.41 Å². The number of carboxylic acids is 1. The van der Waals surface area contributed by atoms with E-state index >= 15 is 0 Å². The fraction of sp³-hybridized carbons (Fsp3) is 0.308. The SMILES string of the molecule is N=C(N)NCCCC(N)C(=O)O.NOC(=O)c1ccccc1. The highest BCUT2D eigenvalue weighted by atomic mass is 16.7. The summed E-state index contributed by atoms with van der Waals surface area (Å²) in [6, 6.07) is 7.75. The van der Waals surface area contributed by atoms with Gasteiger partial charge < -0.3 is 26.7 Å². The topological polar surface area (TPSA) is 178 Å². The second-order valence-corrected chi connectivity index (χ2v) is 4.20. The van der Waals surface area contributed by atoms with Crippen LogP contribution in [0.4, 0.5) is 0 Å².